The van der Waals surface area contributed by atoms with Gasteiger partial charge >= 0.3 is 5.97 Å². The van der Waals surface area contributed by atoms with Crippen LogP contribution in [-0.4, -0.2) is 23.7 Å². The van der Waals surface area contributed by atoms with Crippen LogP contribution in [0.2, 0.25) is 0 Å². The van der Waals surface area contributed by atoms with Gasteiger partial charge in [-0.05, 0) is 43.7 Å². The topological polar surface area (TPSA) is 58.6 Å². The molecule has 2 N–H and O–H groups in total. The highest BCUT2D eigenvalue weighted by Crippen LogP contribution is 2.27. The van der Waals surface area contributed by atoms with Crippen LogP contribution in [0.5, 0.6) is 5.75 Å². The lowest BCUT2D eigenvalue weighted by Crippen LogP contribution is -2.29. The zero-order valence-corrected chi connectivity index (χ0v) is 12.8. The van der Waals surface area contributed by atoms with Gasteiger partial charge in [0.25, 0.3) is 0 Å². The highest BCUT2D eigenvalue weighted by atomic mass is 16.5. The van der Waals surface area contributed by atoms with Gasteiger partial charge in [-0.1, -0.05) is 19.9 Å². The van der Waals surface area contributed by atoms with Crippen molar-refractivity contribution >= 4 is 11.7 Å². The van der Waals surface area contributed by atoms with E-state index < -0.39 is 5.97 Å². The molecule has 4 heteroatoms. The van der Waals surface area contributed by atoms with Crippen LogP contribution in [0.25, 0.3) is 0 Å². The van der Waals surface area contributed by atoms with Crippen molar-refractivity contribution in [1.82, 2.24) is 0 Å². The summed E-state index contributed by atoms with van der Waals surface area (Å²) in [5.41, 5.74) is 1.05. The number of carboxylic acid groups (broad SMARTS) is 1. The van der Waals surface area contributed by atoms with Crippen LogP contribution >= 0.6 is 0 Å². The van der Waals surface area contributed by atoms with E-state index in [1.54, 1.807) is 0 Å². The molecule has 0 radical (unpaired) electrons. The Morgan fingerprint density at radius 3 is 2.67 bits per heavy atom. The van der Waals surface area contributed by atoms with E-state index >= 15 is 0 Å². The minimum absolute atomic E-state index is 0.163. The van der Waals surface area contributed by atoms with Crippen molar-refractivity contribution in [2.75, 3.05) is 11.9 Å². The predicted molar refractivity (Wildman–Crippen MR) is 83.8 cm³/mol. The average Bonchev–Trinajstić information content (AvgIpc) is 2.46. The Hall–Kier alpha value is -1.71. The summed E-state index contributed by atoms with van der Waals surface area (Å²) >= 11 is 0. The maximum Gasteiger partial charge on any atom is 0.306 e. The first-order valence-electron chi connectivity index (χ1n) is 7.77. The molecule has 0 aliphatic heterocycles. The first-order valence-corrected chi connectivity index (χ1v) is 7.77. The first-order chi connectivity index (χ1) is 10.0. The minimum Gasteiger partial charge on any atom is -0.493 e. The molecule has 0 saturated heterocycles. The van der Waals surface area contributed by atoms with Gasteiger partial charge in [0.05, 0.1) is 12.5 Å². The van der Waals surface area contributed by atoms with Crippen LogP contribution in [0.3, 0.4) is 0 Å². The van der Waals surface area contributed by atoms with Crippen LogP contribution in [0.4, 0.5) is 5.69 Å². The molecule has 1 aliphatic rings. The van der Waals surface area contributed by atoms with E-state index in [1.807, 2.05) is 24.3 Å². The standard InChI is InChI=1S/C17H25NO3/c1-12(2)11-21-16-5-3-4-15(10-16)18-14-8-6-13(7-9-14)17(19)20/h3-5,10,12-14,18H,6-9,11H2,1-2H3,(H,19,20). The molecule has 4 nitrogen and oxygen atoms in total. The van der Waals surface area contributed by atoms with Crippen LogP contribution in [0.15, 0.2) is 24.3 Å². The molecule has 0 bridgehead atoms. The zero-order chi connectivity index (χ0) is 15.2. The molecule has 21 heavy (non-hydrogen) atoms. The zero-order valence-electron chi connectivity index (χ0n) is 12.8. The molecule has 0 unspecified atom stereocenters. The molecule has 0 amide bonds. The summed E-state index contributed by atoms with van der Waals surface area (Å²) in [5.74, 6) is 0.571. The van der Waals surface area contributed by atoms with Crippen molar-refractivity contribution < 1.29 is 14.6 Å². The van der Waals surface area contributed by atoms with E-state index in [0.717, 1.165) is 37.1 Å². The third-order valence-corrected chi connectivity index (χ3v) is 3.86. The number of carbonyl (C=O) groups is 1. The molecule has 1 fully saturated rings. The summed E-state index contributed by atoms with van der Waals surface area (Å²) in [7, 11) is 0. The Balaban J connectivity index is 1.86. The number of anilines is 1. The summed E-state index contributed by atoms with van der Waals surface area (Å²) in [5, 5.41) is 12.5. The SMILES string of the molecule is CC(C)COc1cccc(NC2CCC(C(=O)O)CC2)c1. The van der Waals surface area contributed by atoms with Crippen molar-refractivity contribution in [2.24, 2.45) is 11.8 Å². The number of carboxylic acids is 1. The molecule has 0 atom stereocenters. The van der Waals surface area contributed by atoms with Crippen molar-refractivity contribution in [1.29, 1.82) is 0 Å². The van der Waals surface area contributed by atoms with Crippen LogP contribution < -0.4 is 10.1 Å². The Morgan fingerprint density at radius 1 is 1.33 bits per heavy atom. The van der Waals surface area contributed by atoms with Gasteiger partial charge in [0.15, 0.2) is 0 Å². The van der Waals surface area contributed by atoms with Gasteiger partial charge in [-0.25, -0.2) is 0 Å². The van der Waals surface area contributed by atoms with Crippen molar-refractivity contribution in [3.63, 3.8) is 0 Å². The van der Waals surface area contributed by atoms with E-state index in [4.69, 9.17) is 9.84 Å². The first kappa shape index (κ1) is 15.7. The number of hydrogen-bond acceptors (Lipinski definition) is 3. The maximum absolute atomic E-state index is 11.0. The molecule has 116 valence electrons. The van der Waals surface area contributed by atoms with Crippen LogP contribution in [0, 0.1) is 11.8 Å². The normalized spacial score (nSPS) is 22.0. The third-order valence-electron chi connectivity index (χ3n) is 3.86. The van der Waals surface area contributed by atoms with E-state index in [2.05, 4.69) is 19.2 Å². The molecule has 2 rings (SSSR count). The second-order valence-electron chi connectivity index (χ2n) is 6.26. The molecule has 1 saturated carbocycles. The fourth-order valence-electron chi connectivity index (χ4n) is 2.66. The highest BCUT2D eigenvalue weighted by Gasteiger charge is 2.25. The second-order valence-corrected chi connectivity index (χ2v) is 6.26. The minimum atomic E-state index is -0.655. The number of benzene rings is 1. The Morgan fingerprint density at radius 2 is 2.05 bits per heavy atom. The summed E-state index contributed by atoms with van der Waals surface area (Å²) in [6, 6.07) is 8.37. The van der Waals surface area contributed by atoms with Gasteiger partial charge in [-0.15, -0.1) is 0 Å². The van der Waals surface area contributed by atoms with Gasteiger partial charge < -0.3 is 15.2 Å². The molecule has 1 aliphatic carbocycles. The summed E-state index contributed by atoms with van der Waals surface area (Å²) in [6.45, 7) is 4.97. The summed E-state index contributed by atoms with van der Waals surface area (Å²) < 4.78 is 5.73. The molecule has 0 heterocycles. The number of rotatable bonds is 6. The third kappa shape index (κ3) is 4.96. The highest BCUT2D eigenvalue weighted by molar-refractivity contribution is 5.70. The van der Waals surface area contributed by atoms with Gasteiger partial charge in [0, 0.05) is 17.8 Å². The number of nitrogens with one attached hydrogen (secondary N) is 1. The molecule has 1 aromatic carbocycles. The summed E-state index contributed by atoms with van der Waals surface area (Å²) in [6.07, 6.45) is 3.34. The van der Waals surface area contributed by atoms with E-state index in [1.165, 1.54) is 0 Å². The molecule has 0 aromatic heterocycles. The van der Waals surface area contributed by atoms with Gasteiger partial charge in [-0.3, -0.25) is 4.79 Å². The fourth-order valence-corrected chi connectivity index (χ4v) is 2.66. The average molecular weight is 291 g/mol. The second kappa shape index (κ2) is 7.34. The quantitative estimate of drug-likeness (QED) is 0.837. The lowest BCUT2D eigenvalue weighted by Gasteiger charge is -2.27. The smallest absolute Gasteiger partial charge is 0.306 e. The molecule has 1 aromatic rings. The van der Waals surface area contributed by atoms with Crippen LogP contribution in [0.1, 0.15) is 39.5 Å². The van der Waals surface area contributed by atoms with Crippen LogP contribution in [-0.2, 0) is 4.79 Å². The molecular weight excluding hydrogens is 266 g/mol. The van der Waals surface area contributed by atoms with E-state index in [0.29, 0.717) is 18.6 Å². The molecule has 0 spiro atoms. The van der Waals surface area contributed by atoms with Gasteiger partial charge in [0.2, 0.25) is 0 Å². The largest absolute Gasteiger partial charge is 0.493 e. The van der Waals surface area contributed by atoms with Crippen molar-refractivity contribution in [3.8, 4) is 5.75 Å². The fraction of sp³-hybridized carbons (Fsp3) is 0.588. The van der Waals surface area contributed by atoms with E-state index in [9.17, 15) is 4.79 Å². The maximum atomic E-state index is 11.0. The Labute approximate surface area is 126 Å². The van der Waals surface area contributed by atoms with Gasteiger partial charge in [-0.2, -0.15) is 0 Å². The Kier molecular flexibility index (Phi) is 5.48. The Bertz CT molecular complexity index is 465. The lowest BCUT2D eigenvalue weighted by molar-refractivity contribution is -0.142. The lowest BCUT2D eigenvalue weighted by atomic mass is 9.86. The van der Waals surface area contributed by atoms with Crippen molar-refractivity contribution in [2.45, 2.75) is 45.6 Å². The monoisotopic (exact) mass is 291 g/mol. The van der Waals surface area contributed by atoms with Crippen molar-refractivity contribution in [3.05, 3.63) is 24.3 Å². The number of aliphatic carboxylic acids is 1. The predicted octanol–water partition coefficient (Wildman–Crippen LogP) is 3.78. The summed E-state index contributed by atoms with van der Waals surface area (Å²) in [4.78, 5) is 11.0. The van der Waals surface area contributed by atoms with E-state index in [-0.39, 0.29) is 5.92 Å². The van der Waals surface area contributed by atoms with Gasteiger partial charge in [0.1, 0.15) is 5.75 Å². The number of hydrogen-bond donors (Lipinski definition) is 2. The number of ether oxygens (including phenoxy) is 1. The molecular formula is C17H25NO3.